The molecule has 4 aliphatic heterocycles. The van der Waals surface area contributed by atoms with Crippen LogP contribution in [-0.2, 0) is 41.9 Å². The van der Waals surface area contributed by atoms with Gasteiger partial charge in [-0.3, -0.25) is 39.4 Å². The van der Waals surface area contributed by atoms with Crippen LogP contribution in [0.3, 0.4) is 0 Å². The van der Waals surface area contributed by atoms with Crippen LogP contribution in [0.2, 0.25) is 0 Å². The van der Waals surface area contributed by atoms with Crippen molar-refractivity contribution in [3.05, 3.63) is 91.4 Å². The lowest BCUT2D eigenvalue weighted by molar-refractivity contribution is -0.149. The lowest BCUT2D eigenvalue weighted by Gasteiger charge is -2.27. The fourth-order valence-corrected chi connectivity index (χ4v) is 13.0. The van der Waals surface area contributed by atoms with Crippen molar-refractivity contribution in [2.24, 2.45) is 11.8 Å². The van der Waals surface area contributed by atoms with Gasteiger partial charge in [-0.05, 0) is 49.0 Å². The SMILES string of the molecule is CCCCC(CC)C(=O)Oc1c2c(c(OC(=O)C(CC)CCCC)c3c1SC(=C1C(=O)N(Cc4ccccc4)N(Cc4ccccc4)C1=O)S3)SC(=C1C(=O)NC(=S)NC1=O)S2. The molecule has 62 heavy (non-hydrogen) atoms. The Hall–Kier alpha value is -4.55. The van der Waals surface area contributed by atoms with E-state index in [1.807, 2.05) is 88.4 Å². The van der Waals surface area contributed by atoms with E-state index in [0.29, 0.717) is 49.5 Å². The van der Waals surface area contributed by atoms with Crippen LogP contribution in [0, 0.1) is 11.8 Å². The standard InChI is InChI=1S/C45H46N4O8S5/c1-5-9-21-27(7-3)41(54)56-31-33-34(60-43(59-33)29-37(50)46-45(58)47-38(29)51)32(57-42(55)28(8-4)22-10-6-2)36-35(31)61-44(62-36)30-39(52)48(23-25-17-13-11-14-18-25)49(40(30)53)24-26-19-15-12-16-20-26/h11-20,27-28H,5-10,21-24H2,1-4H3,(H2,46,47,50,51,58). The normalized spacial score (nSPS) is 17.0. The maximum absolute atomic E-state index is 14.7. The largest absolute Gasteiger partial charge is 0.424 e. The number of unbranched alkanes of at least 4 members (excludes halogenated alkanes) is 2. The molecule has 4 heterocycles. The quantitative estimate of drug-likeness (QED) is 0.0462. The second-order valence-corrected chi connectivity index (χ2v) is 20.0. The highest BCUT2D eigenvalue weighted by atomic mass is 32.2. The van der Waals surface area contributed by atoms with Crippen molar-refractivity contribution in [1.29, 1.82) is 0 Å². The molecule has 2 fully saturated rings. The van der Waals surface area contributed by atoms with E-state index in [4.69, 9.17) is 21.7 Å². The maximum Gasteiger partial charge on any atom is 0.314 e. The van der Waals surface area contributed by atoms with Gasteiger partial charge < -0.3 is 9.47 Å². The van der Waals surface area contributed by atoms with Gasteiger partial charge in [-0.15, -0.1) is 0 Å². The van der Waals surface area contributed by atoms with Crippen molar-refractivity contribution >= 4 is 99.9 Å². The zero-order valence-electron chi connectivity index (χ0n) is 34.7. The summed E-state index contributed by atoms with van der Waals surface area (Å²) in [5.41, 5.74) is 1.41. The number of nitrogens with zero attached hydrogens (tertiary/aromatic N) is 2. The Labute approximate surface area is 383 Å². The lowest BCUT2D eigenvalue weighted by atomic mass is 10.00. The number of ether oxygens (including phenoxy) is 2. The molecule has 0 radical (unpaired) electrons. The van der Waals surface area contributed by atoms with Gasteiger partial charge in [0.05, 0.1) is 53.0 Å². The van der Waals surface area contributed by atoms with Crippen molar-refractivity contribution in [3.63, 3.8) is 0 Å². The Kier molecular flexibility index (Phi) is 14.9. The zero-order chi connectivity index (χ0) is 44.1. The van der Waals surface area contributed by atoms with E-state index >= 15 is 0 Å². The van der Waals surface area contributed by atoms with E-state index < -0.39 is 47.4 Å². The molecule has 2 unspecified atom stereocenters. The molecule has 17 heteroatoms. The average Bonchev–Trinajstić information content (AvgIpc) is 3.95. The number of hydrazine groups is 1. The maximum atomic E-state index is 14.7. The molecule has 0 spiro atoms. The Bertz CT molecular complexity index is 2230. The molecule has 0 aromatic heterocycles. The first kappa shape index (κ1) is 45.5. The van der Waals surface area contributed by atoms with Crippen molar-refractivity contribution in [1.82, 2.24) is 20.7 Å². The summed E-state index contributed by atoms with van der Waals surface area (Å²) in [6.45, 7) is 8.22. The van der Waals surface area contributed by atoms with Gasteiger partial charge in [0.1, 0.15) is 11.1 Å². The minimum atomic E-state index is -0.698. The van der Waals surface area contributed by atoms with Gasteiger partial charge in [0.25, 0.3) is 23.6 Å². The fourth-order valence-electron chi connectivity index (χ4n) is 7.26. The number of rotatable bonds is 16. The molecule has 3 aromatic rings. The van der Waals surface area contributed by atoms with Crippen LogP contribution in [-0.4, -0.2) is 50.7 Å². The Morgan fingerprint density at radius 1 is 0.597 bits per heavy atom. The summed E-state index contributed by atoms with van der Waals surface area (Å²) in [7, 11) is 0. The van der Waals surface area contributed by atoms with Crippen LogP contribution in [0.25, 0.3) is 0 Å². The molecule has 0 bridgehead atoms. The molecule has 0 saturated carbocycles. The number of hydrogen-bond donors (Lipinski definition) is 2. The minimum absolute atomic E-state index is 0.0591. The predicted molar refractivity (Wildman–Crippen MR) is 245 cm³/mol. The molecule has 7 rings (SSSR count). The number of thiocarbonyl (C=S) groups is 1. The van der Waals surface area contributed by atoms with Gasteiger partial charge in [-0.1, -0.05) is 161 Å². The topological polar surface area (TPSA) is 151 Å². The van der Waals surface area contributed by atoms with Gasteiger partial charge in [-0.2, -0.15) is 0 Å². The lowest BCUT2D eigenvalue weighted by Crippen LogP contribution is -2.51. The van der Waals surface area contributed by atoms with Crippen LogP contribution in [0.15, 0.2) is 99.9 Å². The number of nitrogens with one attached hydrogen (secondary N) is 2. The molecule has 324 valence electrons. The summed E-state index contributed by atoms with van der Waals surface area (Å²) in [4.78, 5) is 85.6. The van der Waals surface area contributed by atoms with Crippen LogP contribution >= 0.6 is 59.3 Å². The summed E-state index contributed by atoms with van der Waals surface area (Å²) in [6.07, 6.45) is 5.66. The summed E-state index contributed by atoms with van der Waals surface area (Å²) in [5.74, 6) is -3.90. The third-order valence-corrected chi connectivity index (χ3v) is 16.1. The monoisotopic (exact) mass is 930 g/mol. The number of thioether (sulfide) groups is 4. The van der Waals surface area contributed by atoms with Gasteiger partial charge in [0, 0.05) is 0 Å². The first-order chi connectivity index (χ1) is 30.0. The highest BCUT2D eigenvalue weighted by Gasteiger charge is 2.47. The van der Waals surface area contributed by atoms with Crippen molar-refractivity contribution in [3.8, 4) is 11.5 Å². The second-order valence-electron chi connectivity index (χ2n) is 15.0. The highest BCUT2D eigenvalue weighted by molar-refractivity contribution is 8.26. The average molecular weight is 931 g/mol. The predicted octanol–water partition coefficient (Wildman–Crippen LogP) is 9.27. The van der Waals surface area contributed by atoms with E-state index in [-0.39, 0.29) is 45.1 Å². The van der Waals surface area contributed by atoms with Gasteiger partial charge in [-0.25, -0.2) is 10.0 Å². The number of esters is 2. The number of fused-ring (bicyclic) bond motifs is 2. The van der Waals surface area contributed by atoms with Gasteiger partial charge in [0.2, 0.25) is 0 Å². The van der Waals surface area contributed by atoms with Crippen molar-refractivity contribution < 1.29 is 38.2 Å². The molecule has 3 aromatic carbocycles. The molecule has 2 N–H and O–H groups in total. The van der Waals surface area contributed by atoms with E-state index in [2.05, 4.69) is 10.6 Å². The molecular weight excluding hydrogens is 885 g/mol. The number of carbonyl (C=O) groups excluding carboxylic acids is 6. The van der Waals surface area contributed by atoms with Gasteiger partial charge in [0.15, 0.2) is 16.6 Å². The highest BCUT2D eigenvalue weighted by Crippen LogP contribution is 2.69. The number of amides is 4. The molecule has 4 aliphatic rings. The van der Waals surface area contributed by atoms with Crippen LogP contribution in [0.5, 0.6) is 11.5 Å². The van der Waals surface area contributed by atoms with E-state index in [9.17, 15) is 28.8 Å². The van der Waals surface area contributed by atoms with Crippen molar-refractivity contribution in [2.75, 3.05) is 0 Å². The molecule has 4 amide bonds. The Morgan fingerprint density at radius 2 is 0.968 bits per heavy atom. The number of benzene rings is 3. The van der Waals surface area contributed by atoms with E-state index in [1.165, 1.54) is 10.0 Å². The van der Waals surface area contributed by atoms with Crippen molar-refractivity contribution in [2.45, 2.75) is 112 Å². The van der Waals surface area contributed by atoms with Crippen LogP contribution < -0.4 is 20.1 Å². The van der Waals surface area contributed by atoms with E-state index in [1.54, 1.807) is 0 Å². The van der Waals surface area contributed by atoms with E-state index in [0.717, 1.165) is 83.9 Å². The summed E-state index contributed by atoms with van der Waals surface area (Å²) >= 11 is 9.36. The molecule has 2 saturated heterocycles. The van der Waals surface area contributed by atoms with Crippen LogP contribution in [0.1, 0.15) is 90.2 Å². The minimum Gasteiger partial charge on any atom is -0.424 e. The third kappa shape index (κ3) is 9.51. The summed E-state index contributed by atoms with van der Waals surface area (Å²) in [6, 6.07) is 18.8. The summed E-state index contributed by atoms with van der Waals surface area (Å²) < 4.78 is 13.4. The van der Waals surface area contributed by atoms with Crippen LogP contribution in [0.4, 0.5) is 0 Å². The first-order valence-corrected chi connectivity index (χ1v) is 24.4. The second kappa shape index (κ2) is 20.3. The zero-order valence-corrected chi connectivity index (χ0v) is 38.8. The molecular formula is C45H46N4O8S5. The summed E-state index contributed by atoms with van der Waals surface area (Å²) in [5, 5.41) is 7.76. The number of carbonyl (C=O) groups is 6. The Balaban J connectivity index is 1.39. The Morgan fingerprint density at radius 3 is 1.32 bits per heavy atom. The fraction of sp³-hybridized carbons (Fsp3) is 0.356. The number of hydrogen-bond acceptors (Lipinski definition) is 13. The first-order valence-electron chi connectivity index (χ1n) is 20.7. The smallest absolute Gasteiger partial charge is 0.314 e. The third-order valence-electron chi connectivity index (χ3n) is 10.7. The molecule has 12 nitrogen and oxygen atoms in total. The van der Waals surface area contributed by atoms with Gasteiger partial charge >= 0.3 is 11.9 Å². The molecule has 0 aliphatic carbocycles. The molecule has 2 atom stereocenters.